The number of morpholine rings is 1. The van der Waals surface area contributed by atoms with E-state index in [0.717, 1.165) is 62.3 Å². The van der Waals surface area contributed by atoms with Gasteiger partial charge >= 0.3 is 0 Å². The van der Waals surface area contributed by atoms with Crippen LogP contribution in [-0.4, -0.2) is 83.7 Å². The summed E-state index contributed by atoms with van der Waals surface area (Å²) < 4.78 is 16.6. The van der Waals surface area contributed by atoms with Crippen molar-refractivity contribution in [3.8, 4) is 0 Å². The molecule has 7 nitrogen and oxygen atoms in total. The molecule has 0 saturated carbocycles. The Bertz CT molecular complexity index is 612. The van der Waals surface area contributed by atoms with Gasteiger partial charge in [-0.05, 0) is 18.1 Å². The van der Waals surface area contributed by atoms with E-state index in [9.17, 15) is 0 Å². The highest BCUT2D eigenvalue weighted by Crippen LogP contribution is 2.27. The number of nitrogens with zero attached hydrogens (tertiary/aromatic N) is 2. The molecular formula is C22H37ClN4O3. The maximum atomic E-state index is 6.50. The van der Waals surface area contributed by atoms with E-state index in [2.05, 4.69) is 33.5 Å². The molecule has 1 unspecified atom stereocenters. The second-order valence-corrected chi connectivity index (χ2v) is 7.55. The Hall–Kier alpha value is -1.38. The van der Waals surface area contributed by atoms with Crippen molar-refractivity contribution in [3.05, 3.63) is 34.9 Å². The molecule has 1 aliphatic rings. The minimum absolute atomic E-state index is 0.151. The van der Waals surface area contributed by atoms with E-state index in [0.29, 0.717) is 32.9 Å². The van der Waals surface area contributed by atoms with E-state index >= 15 is 0 Å². The molecule has 1 saturated heterocycles. The van der Waals surface area contributed by atoms with Crippen LogP contribution in [0.3, 0.4) is 0 Å². The summed E-state index contributed by atoms with van der Waals surface area (Å²) in [7, 11) is 1.77. The third-order valence-electron chi connectivity index (χ3n) is 4.99. The molecule has 0 radical (unpaired) electrons. The number of guanidine groups is 1. The van der Waals surface area contributed by atoms with Crippen molar-refractivity contribution in [3.63, 3.8) is 0 Å². The quantitative estimate of drug-likeness (QED) is 0.279. The summed E-state index contributed by atoms with van der Waals surface area (Å²) in [5.41, 5.74) is 1.12. The van der Waals surface area contributed by atoms with E-state index in [1.807, 2.05) is 18.2 Å². The van der Waals surface area contributed by atoms with Gasteiger partial charge in [-0.25, -0.2) is 0 Å². The number of rotatable bonds is 13. The number of ether oxygens (including phenoxy) is 3. The number of nitrogens with one attached hydrogen (secondary N) is 2. The van der Waals surface area contributed by atoms with Gasteiger partial charge in [0.05, 0.1) is 39.1 Å². The highest BCUT2D eigenvalue weighted by atomic mass is 35.5. The number of aliphatic imine (C=N–C) groups is 1. The minimum Gasteiger partial charge on any atom is -0.379 e. The summed E-state index contributed by atoms with van der Waals surface area (Å²) in [5.74, 6) is 0.753. The van der Waals surface area contributed by atoms with Crippen molar-refractivity contribution in [2.45, 2.75) is 25.8 Å². The molecule has 1 heterocycles. The SMILES string of the molecule is CCCCOCCOCCNC(=NC)NCC(c1ccccc1Cl)N1CCOCC1. The molecule has 2 rings (SSSR count). The standard InChI is InChI=1S/C22H37ClN4O3/c1-3-4-12-28-16-17-29-13-9-25-22(24-2)26-18-21(27-10-14-30-15-11-27)19-7-5-6-8-20(19)23/h5-8,21H,3-4,9-18H2,1-2H3,(H2,24,25,26). The second kappa shape index (κ2) is 15.4. The third-order valence-corrected chi connectivity index (χ3v) is 5.33. The van der Waals surface area contributed by atoms with Crippen LogP contribution in [-0.2, 0) is 14.2 Å². The topological polar surface area (TPSA) is 67.4 Å². The van der Waals surface area contributed by atoms with E-state index in [1.54, 1.807) is 7.05 Å². The van der Waals surface area contributed by atoms with Crippen molar-refractivity contribution in [1.29, 1.82) is 0 Å². The number of unbranched alkanes of at least 4 members (excludes halogenated alkanes) is 1. The van der Waals surface area contributed by atoms with Gasteiger partial charge in [0.25, 0.3) is 0 Å². The van der Waals surface area contributed by atoms with Crippen LogP contribution in [0.4, 0.5) is 0 Å². The van der Waals surface area contributed by atoms with Crippen molar-refractivity contribution < 1.29 is 14.2 Å². The zero-order valence-corrected chi connectivity index (χ0v) is 19.1. The fourth-order valence-corrected chi connectivity index (χ4v) is 3.56. The highest BCUT2D eigenvalue weighted by molar-refractivity contribution is 6.31. The molecular weight excluding hydrogens is 404 g/mol. The Kier molecular flexibility index (Phi) is 12.8. The Morgan fingerprint density at radius 2 is 1.87 bits per heavy atom. The lowest BCUT2D eigenvalue weighted by Crippen LogP contribution is -2.46. The lowest BCUT2D eigenvalue weighted by molar-refractivity contribution is 0.0170. The van der Waals surface area contributed by atoms with Crippen LogP contribution in [0.2, 0.25) is 5.02 Å². The van der Waals surface area contributed by atoms with Crippen molar-refractivity contribution in [1.82, 2.24) is 15.5 Å². The number of hydrogen-bond donors (Lipinski definition) is 2. The molecule has 0 spiro atoms. The normalized spacial score (nSPS) is 16.4. The first-order valence-corrected chi connectivity index (χ1v) is 11.3. The average Bonchev–Trinajstić information content (AvgIpc) is 2.78. The zero-order chi connectivity index (χ0) is 21.4. The van der Waals surface area contributed by atoms with Gasteiger partial charge in [-0.15, -0.1) is 0 Å². The highest BCUT2D eigenvalue weighted by Gasteiger charge is 2.24. The number of halogens is 1. The Labute approximate surface area is 186 Å². The van der Waals surface area contributed by atoms with Gasteiger partial charge < -0.3 is 24.8 Å². The first kappa shape index (κ1) is 24.9. The lowest BCUT2D eigenvalue weighted by Gasteiger charge is -2.35. The van der Waals surface area contributed by atoms with E-state index in [1.165, 1.54) is 0 Å². The molecule has 1 aliphatic heterocycles. The molecule has 30 heavy (non-hydrogen) atoms. The van der Waals surface area contributed by atoms with Gasteiger partial charge in [-0.2, -0.15) is 0 Å². The van der Waals surface area contributed by atoms with Crippen LogP contribution in [0.15, 0.2) is 29.3 Å². The molecule has 8 heteroatoms. The largest absolute Gasteiger partial charge is 0.379 e. The van der Waals surface area contributed by atoms with Crippen molar-refractivity contribution in [2.75, 3.05) is 72.9 Å². The third kappa shape index (κ3) is 9.18. The molecule has 1 fully saturated rings. The fourth-order valence-electron chi connectivity index (χ4n) is 3.29. The van der Waals surface area contributed by atoms with E-state index in [-0.39, 0.29) is 6.04 Å². The number of benzene rings is 1. The maximum absolute atomic E-state index is 6.50. The number of hydrogen-bond acceptors (Lipinski definition) is 5. The Morgan fingerprint density at radius 3 is 2.57 bits per heavy atom. The molecule has 0 aliphatic carbocycles. The molecule has 0 amide bonds. The first-order valence-electron chi connectivity index (χ1n) is 10.9. The summed E-state index contributed by atoms with van der Waals surface area (Å²) in [6.07, 6.45) is 2.25. The fraction of sp³-hybridized carbons (Fsp3) is 0.682. The van der Waals surface area contributed by atoms with Gasteiger partial charge in [0.1, 0.15) is 0 Å². The van der Waals surface area contributed by atoms with Gasteiger partial charge in [-0.3, -0.25) is 9.89 Å². The smallest absolute Gasteiger partial charge is 0.191 e. The second-order valence-electron chi connectivity index (χ2n) is 7.14. The first-order chi connectivity index (χ1) is 14.8. The molecule has 170 valence electrons. The minimum atomic E-state index is 0.151. The predicted molar refractivity (Wildman–Crippen MR) is 122 cm³/mol. The maximum Gasteiger partial charge on any atom is 0.191 e. The van der Waals surface area contributed by atoms with Crippen molar-refractivity contribution in [2.24, 2.45) is 4.99 Å². The summed E-state index contributed by atoms with van der Waals surface area (Å²) >= 11 is 6.50. The summed E-state index contributed by atoms with van der Waals surface area (Å²) in [6, 6.07) is 8.19. The van der Waals surface area contributed by atoms with Crippen LogP contribution in [0.1, 0.15) is 31.4 Å². The Morgan fingerprint density at radius 1 is 1.13 bits per heavy atom. The van der Waals surface area contributed by atoms with Crippen LogP contribution >= 0.6 is 11.6 Å². The molecule has 1 atom stereocenters. The molecule has 1 aromatic rings. The van der Waals surface area contributed by atoms with Crippen LogP contribution in [0.25, 0.3) is 0 Å². The summed E-state index contributed by atoms with van der Waals surface area (Å²) in [4.78, 5) is 6.74. The average molecular weight is 441 g/mol. The Balaban J connectivity index is 1.75. The van der Waals surface area contributed by atoms with Crippen molar-refractivity contribution >= 4 is 17.6 Å². The lowest BCUT2D eigenvalue weighted by atomic mass is 10.0. The molecule has 1 aromatic carbocycles. The van der Waals surface area contributed by atoms with Crippen LogP contribution in [0.5, 0.6) is 0 Å². The molecule has 0 bridgehead atoms. The van der Waals surface area contributed by atoms with Crippen LogP contribution in [0, 0.1) is 0 Å². The van der Waals surface area contributed by atoms with Gasteiger partial charge in [-0.1, -0.05) is 43.1 Å². The van der Waals surface area contributed by atoms with Gasteiger partial charge in [0, 0.05) is 44.9 Å². The van der Waals surface area contributed by atoms with E-state index < -0.39 is 0 Å². The summed E-state index contributed by atoms with van der Waals surface area (Å²) in [5, 5.41) is 7.52. The predicted octanol–water partition coefficient (Wildman–Crippen LogP) is 2.71. The van der Waals surface area contributed by atoms with Gasteiger partial charge in [0.2, 0.25) is 0 Å². The summed E-state index contributed by atoms with van der Waals surface area (Å²) in [6.45, 7) is 9.48. The van der Waals surface area contributed by atoms with Gasteiger partial charge in [0.15, 0.2) is 5.96 Å². The molecule has 2 N–H and O–H groups in total. The zero-order valence-electron chi connectivity index (χ0n) is 18.4. The monoisotopic (exact) mass is 440 g/mol. The van der Waals surface area contributed by atoms with Crippen LogP contribution < -0.4 is 10.6 Å². The molecule has 0 aromatic heterocycles. The van der Waals surface area contributed by atoms with E-state index in [4.69, 9.17) is 25.8 Å².